The molecule has 6 heteroatoms. The summed E-state index contributed by atoms with van der Waals surface area (Å²) in [6, 6.07) is 13.9. The average molecular weight is 417 g/mol. The summed E-state index contributed by atoms with van der Waals surface area (Å²) in [5.74, 6) is 0.655. The van der Waals surface area contributed by atoms with E-state index in [0.29, 0.717) is 11.4 Å². The van der Waals surface area contributed by atoms with Gasteiger partial charge in [0.2, 0.25) is 11.8 Å². The number of hydrogen-bond donors (Lipinski definition) is 1. The third-order valence-electron chi connectivity index (χ3n) is 4.87. The van der Waals surface area contributed by atoms with Gasteiger partial charge in [0.15, 0.2) is 0 Å². The van der Waals surface area contributed by atoms with Gasteiger partial charge in [0.1, 0.15) is 5.37 Å². The quantitative estimate of drug-likeness (QED) is 0.674. The molecule has 1 saturated heterocycles. The Morgan fingerprint density at radius 2 is 2.00 bits per heavy atom. The van der Waals surface area contributed by atoms with Crippen LogP contribution in [0, 0.1) is 19.3 Å². The summed E-state index contributed by atoms with van der Waals surface area (Å²) in [5, 5.41) is 2.83. The van der Waals surface area contributed by atoms with Crippen LogP contribution >= 0.6 is 23.4 Å². The largest absolute Gasteiger partial charge is 0.326 e. The summed E-state index contributed by atoms with van der Waals surface area (Å²) >= 11 is 7.51. The Kier molecular flexibility index (Phi) is 6.06. The third kappa shape index (κ3) is 4.20. The first-order valence-electron chi connectivity index (χ1n) is 9.21. The van der Waals surface area contributed by atoms with Crippen LogP contribution in [0.25, 0.3) is 0 Å². The van der Waals surface area contributed by atoms with Crippen LogP contribution in [0.5, 0.6) is 0 Å². The van der Waals surface area contributed by atoms with E-state index < -0.39 is 5.41 Å². The number of alkyl halides is 1. The van der Waals surface area contributed by atoms with Gasteiger partial charge >= 0.3 is 0 Å². The van der Waals surface area contributed by atoms with Crippen LogP contribution in [0.3, 0.4) is 0 Å². The number of nitrogens with one attached hydrogen (secondary N) is 1. The van der Waals surface area contributed by atoms with E-state index in [9.17, 15) is 9.59 Å². The van der Waals surface area contributed by atoms with Crippen LogP contribution in [0.2, 0.25) is 0 Å². The predicted molar refractivity (Wildman–Crippen MR) is 118 cm³/mol. The summed E-state index contributed by atoms with van der Waals surface area (Å²) in [4.78, 5) is 27.0. The predicted octanol–water partition coefficient (Wildman–Crippen LogP) is 5.29. The Labute approximate surface area is 175 Å². The van der Waals surface area contributed by atoms with Crippen molar-refractivity contribution in [1.82, 2.24) is 0 Å². The highest BCUT2D eigenvalue weighted by molar-refractivity contribution is 8.00. The van der Waals surface area contributed by atoms with Gasteiger partial charge in [-0.15, -0.1) is 23.4 Å². The van der Waals surface area contributed by atoms with Crippen LogP contribution < -0.4 is 10.2 Å². The molecule has 1 aliphatic rings. The van der Waals surface area contributed by atoms with Crippen molar-refractivity contribution in [3.8, 4) is 0 Å². The number of carbonyl (C=O) groups excluding carboxylic acids is 2. The molecule has 2 aromatic carbocycles. The van der Waals surface area contributed by atoms with Gasteiger partial charge in [-0.1, -0.05) is 24.3 Å². The zero-order valence-electron chi connectivity index (χ0n) is 16.6. The number of carbonyl (C=O) groups is 2. The van der Waals surface area contributed by atoms with Crippen LogP contribution in [-0.4, -0.2) is 23.4 Å². The molecule has 1 aliphatic heterocycles. The van der Waals surface area contributed by atoms with Gasteiger partial charge in [-0.05, 0) is 62.6 Å². The second-order valence-corrected chi connectivity index (χ2v) is 9.15. The van der Waals surface area contributed by atoms with Crippen LogP contribution in [-0.2, 0) is 9.59 Å². The lowest BCUT2D eigenvalue weighted by Gasteiger charge is -2.27. The van der Waals surface area contributed by atoms with Crippen molar-refractivity contribution in [3.63, 3.8) is 0 Å². The van der Waals surface area contributed by atoms with Gasteiger partial charge in [-0.2, -0.15) is 0 Å². The molecule has 0 aromatic heterocycles. The SMILES string of the molecule is Cc1ccc(C)c(N2C(=O)CS[C@H]2c2cccc(NC(=O)C(C)(C)CCl)c2)c1. The van der Waals surface area contributed by atoms with E-state index in [4.69, 9.17) is 11.6 Å². The van der Waals surface area contributed by atoms with Crippen molar-refractivity contribution in [2.75, 3.05) is 21.8 Å². The molecular formula is C22H25ClN2O2S. The minimum absolute atomic E-state index is 0.0985. The molecule has 1 N–H and O–H groups in total. The van der Waals surface area contributed by atoms with E-state index in [0.717, 1.165) is 22.4 Å². The maximum Gasteiger partial charge on any atom is 0.238 e. The highest BCUT2D eigenvalue weighted by Crippen LogP contribution is 2.43. The number of nitrogens with zero attached hydrogens (tertiary/aromatic N) is 1. The van der Waals surface area contributed by atoms with Crippen LogP contribution in [0.1, 0.15) is 35.9 Å². The zero-order valence-corrected chi connectivity index (χ0v) is 18.2. The van der Waals surface area contributed by atoms with Gasteiger partial charge in [0.25, 0.3) is 0 Å². The molecule has 1 fully saturated rings. The van der Waals surface area contributed by atoms with Gasteiger partial charge < -0.3 is 5.32 Å². The van der Waals surface area contributed by atoms with Crippen molar-refractivity contribution < 1.29 is 9.59 Å². The topological polar surface area (TPSA) is 49.4 Å². The third-order valence-corrected chi connectivity index (χ3v) is 6.75. The Morgan fingerprint density at radius 3 is 2.71 bits per heavy atom. The van der Waals surface area contributed by atoms with Gasteiger partial charge in [-0.3, -0.25) is 14.5 Å². The average Bonchev–Trinajstić information content (AvgIpc) is 3.05. The Bertz CT molecular complexity index is 913. The van der Waals surface area contributed by atoms with Gasteiger partial charge in [0, 0.05) is 17.3 Å². The van der Waals surface area contributed by atoms with Crippen LogP contribution in [0.4, 0.5) is 11.4 Å². The highest BCUT2D eigenvalue weighted by Gasteiger charge is 2.35. The number of anilines is 2. The van der Waals surface area contributed by atoms with Crippen molar-refractivity contribution in [2.45, 2.75) is 33.1 Å². The second-order valence-electron chi connectivity index (χ2n) is 7.81. The fourth-order valence-corrected chi connectivity index (χ4v) is 4.32. The molecule has 2 amide bonds. The second kappa shape index (κ2) is 8.18. The number of benzene rings is 2. The standard InChI is InChI=1S/C22H25ClN2O2S/c1-14-8-9-15(2)18(10-14)25-19(26)12-28-20(25)16-6-5-7-17(11-16)24-21(27)22(3,4)13-23/h5-11,20H,12-13H2,1-4H3,(H,24,27)/t20-/m0/s1. The molecule has 0 spiro atoms. The van der Waals surface area contributed by atoms with Crippen molar-refractivity contribution in [3.05, 3.63) is 59.2 Å². The fourth-order valence-electron chi connectivity index (χ4n) is 3.04. The van der Waals surface area contributed by atoms with E-state index in [1.54, 1.807) is 11.8 Å². The van der Waals surface area contributed by atoms with E-state index >= 15 is 0 Å². The molecule has 1 atom stereocenters. The minimum Gasteiger partial charge on any atom is -0.326 e. The Morgan fingerprint density at radius 1 is 1.25 bits per heavy atom. The van der Waals surface area contributed by atoms with Gasteiger partial charge in [-0.25, -0.2) is 0 Å². The van der Waals surface area contributed by atoms with Crippen LogP contribution in [0.15, 0.2) is 42.5 Å². The number of thioether (sulfide) groups is 1. The molecule has 2 aromatic rings. The normalized spacial score (nSPS) is 17.1. The van der Waals surface area contributed by atoms with Gasteiger partial charge in [0.05, 0.1) is 11.2 Å². The molecule has 0 unspecified atom stereocenters. The molecule has 0 bridgehead atoms. The first kappa shape index (κ1) is 20.7. The van der Waals surface area contributed by atoms with Crippen molar-refractivity contribution in [2.24, 2.45) is 5.41 Å². The van der Waals surface area contributed by atoms with Crippen molar-refractivity contribution in [1.29, 1.82) is 0 Å². The number of halogens is 1. The van der Waals surface area contributed by atoms with E-state index in [1.165, 1.54) is 0 Å². The maximum atomic E-state index is 12.7. The Hall–Kier alpha value is -1.98. The number of aryl methyl sites for hydroxylation is 2. The highest BCUT2D eigenvalue weighted by atomic mass is 35.5. The Balaban J connectivity index is 1.91. The lowest BCUT2D eigenvalue weighted by molar-refractivity contribution is -0.123. The summed E-state index contributed by atoms with van der Waals surface area (Å²) in [5.41, 5.74) is 4.17. The molecule has 0 aliphatic carbocycles. The van der Waals surface area contributed by atoms with Crippen molar-refractivity contribution >= 4 is 46.6 Å². The lowest BCUT2D eigenvalue weighted by Crippen LogP contribution is -2.32. The summed E-state index contributed by atoms with van der Waals surface area (Å²) in [6.45, 7) is 7.67. The summed E-state index contributed by atoms with van der Waals surface area (Å²) in [7, 11) is 0. The number of amides is 2. The smallest absolute Gasteiger partial charge is 0.238 e. The molecule has 0 saturated carbocycles. The first-order chi connectivity index (χ1) is 13.2. The molecule has 4 nitrogen and oxygen atoms in total. The van der Waals surface area contributed by atoms with E-state index in [1.807, 2.05) is 62.9 Å². The van der Waals surface area contributed by atoms with E-state index in [2.05, 4.69) is 17.4 Å². The summed E-state index contributed by atoms with van der Waals surface area (Å²) in [6.07, 6.45) is 0. The first-order valence-corrected chi connectivity index (χ1v) is 10.8. The molecule has 0 radical (unpaired) electrons. The van der Waals surface area contributed by atoms with E-state index in [-0.39, 0.29) is 23.1 Å². The molecule has 1 heterocycles. The molecule has 3 rings (SSSR count). The molecular weight excluding hydrogens is 392 g/mol. The fraction of sp³-hybridized carbons (Fsp3) is 0.364. The lowest BCUT2D eigenvalue weighted by atomic mass is 9.95. The number of hydrogen-bond acceptors (Lipinski definition) is 3. The monoisotopic (exact) mass is 416 g/mol. The maximum absolute atomic E-state index is 12.7. The number of rotatable bonds is 5. The minimum atomic E-state index is -0.652. The summed E-state index contributed by atoms with van der Waals surface area (Å²) < 4.78 is 0. The molecule has 28 heavy (non-hydrogen) atoms. The molecule has 148 valence electrons. The zero-order chi connectivity index (χ0) is 20.5.